The first-order valence-electron chi connectivity index (χ1n) is 7.81. The molecule has 0 bridgehead atoms. The second-order valence-corrected chi connectivity index (χ2v) is 6.37. The van der Waals surface area contributed by atoms with Gasteiger partial charge in [-0.1, -0.05) is 25.1 Å². The number of carbonyl (C=O) groups is 2. The molecule has 5 heteroatoms. The lowest BCUT2D eigenvalue weighted by Gasteiger charge is -2.35. The topological polar surface area (TPSA) is 65.2 Å². The molecule has 2 aliphatic rings. The maximum absolute atomic E-state index is 12.7. The molecular weight excluding hydrogens is 280 g/mol. The van der Waals surface area contributed by atoms with Crippen molar-refractivity contribution in [2.24, 2.45) is 5.92 Å². The fourth-order valence-corrected chi connectivity index (χ4v) is 3.77. The highest BCUT2D eigenvalue weighted by Crippen LogP contribution is 2.29. The lowest BCUT2D eigenvalue weighted by Crippen LogP contribution is -2.62. The molecule has 1 aromatic heterocycles. The van der Waals surface area contributed by atoms with Gasteiger partial charge in [0.25, 0.3) is 0 Å². The summed E-state index contributed by atoms with van der Waals surface area (Å²) in [5.74, 6) is 0.298. The second kappa shape index (κ2) is 4.87. The first kappa shape index (κ1) is 13.4. The molecule has 2 aliphatic heterocycles. The Balaban J connectivity index is 1.61. The Morgan fingerprint density at radius 2 is 2.09 bits per heavy atom. The minimum Gasteiger partial charge on any atom is -0.361 e. The monoisotopic (exact) mass is 299 g/mol. The fourth-order valence-electron chi connectivity index (χ4n) is 3.77. The Labute approximate surface area is 128 Å². The summed E-state index contributed by atoms with van der Waals surface area (Å²) in [7, 11) is 0. The number of aromatic nitrogens is 1. The summed E-state index contributed by atoms with van der Waals surface area (Å²) in [5, 5.41) is 4.04. The van der Waals surface area contributed by atoms with Crippen LogP contribution in [0.3, 0.4) is 0 Å². The molecule has 4 rings (SSSR count). The Hall–Kier alpha value is -2.30. The average molecular weight is 299 g/mol. The van der Waals surface area contributed by atoms with E-state index in [0.717, 1.165) is 22.9 Å². The lowest BCUT2D eigenvalue weighted by atomic mass is 10.1. The Kier molecular flexibility index (Phi) is 2.96. The Bertz CT molecular complexity index is 751. The van der Waals surface area contributed by atoms with Crippen molar-refractivity contribution in [3.63, 3.8) is 0 Å². The number of H-pyrrole nitrogens is 1. The SMILES string of the molecule is C[C@H]1CCN2[C@@H]1[13C](=O)N[C@@H](Cc1c[nH]c3ccccc13)[13C]2=O. The van der Waals surface area contributed by atoms with E-state index < -0.39 is 6.04 Å². The summed E-state index contributed by atoms with van der Waals surface area (Å²) in [6, 6.07) is 7.29. The van der Waals surface area contributed by atoms with Gasteiger partial charge in [-0.3, -0.25) is 9.59 Å². The summed E-state index contributed by atoms with van der Waals surface area (Å²) >= 11 is 0. The maximum Gasteiger partial charge on any atom is 0.246 e. The zero-order chi connectivity index (χ0) is 15.3. The summed E-state index contributed by atoms with van der Waals surface area (Å²) in [4.78, 5) is 30.0. The highest BCUT2D eigenvalue weighted by atomic mass is 16.2. The molecule has 114 valence electrons. The van der Waals surface area contributed by atoms with E-state index in [4.69, 9.17) is 0 Å². The van der Waals surface area contributed by atoms with Crippen LogP contribution in [-0.4, -0.2) is 40.3 Å². The number of nitrogens with one attached hydrogen (secondary N) is 2. The number of hydrogen-bond acceptors (Lipinski definition) is 2. The lowest BCUT2D eigenvalue weighted by molar-refractivity contribution is -0.147. The van der Waals surface area contributed by atoms with E-state index in [2.05, 4.69) is 10.3 Å². The van der Waals surface area contributed by atoms with Crippen LogP contribution in [0.15, 0.2) is 30.5 Å². The quantitative estimate of drug-likeness (QED) is 0.824. The van der Waals surface area contributed by atoms with Crippen molar-refractivity contribution in [1.29, 1.82) is 0 Å². The number of nitrogens with zero attached hydrogens (tertiary/aromatic N) is 1. The van der Waals surface area contributed by atoms with Crippen molar-refractivity contribution in [1.82, 2.24) is 15.2 Å². The van der Waals surface area contributed by atoms with E-state index in [0.29, 0.717) is 13.0 Å². The molecule has 0 saturated carbocycles. The van der Waals surface area contributed by atoms with Crippen molar-refractivity contribution >= 4 is 22.7 Å². The molecule has 3 heterocycles. The number of para-hydroxylation sites is 1. The van der Waals surface area contributed by atoms with Crippen LogP contribution in [0.2, 0.25) is 0 Å². The van der Waals surface area contributed by atoms with Crippen molar-refractivity contribution in [2.45, 2.75) is 31.8 Å². The van der Waals surface area contributed by atoms with Gasteiger partial charge in [0.15, 0.2) is 0 Å². The molecule has 0 radical (unpaired) electrons. The second-order valence-electron chi connectivity index (χ2n) is 6.37. The van der Waals surface area contributed by atoms with Crippen molar-refractivity contribution in [3.8, 4) is 0 Å². The standard InChI is InChI=1S/C17H19N3O2/c1-10-6-7-20-15(10)16(21)19-14(17(20)22)8-11-9-18-13-5-3-2-4-12(11)13/h2-5,9-10,14-15,18H,6-8H2,1H3,(H,19,21)/t10-,14-,15-/m0/s1/i16+1,17+1. The van der Waals surface area contributed by atoms with E-state index >= 15 is 0 Å². The molecule has 1 aromatic carbocycles. The third-order valence-electron chi connectivity index (χ3n) is 4.97. The highest BCUT2D eigenvalue weighted by molar-refractivity contribution is 5.98. The molecule has 0 unspecified atom stereocenters. The molecule has 2 aromatic rings. The molecule has 0 spiro atoms. The molecule has 0 aliphatic carbocycles. The maximum atomic E-state index is 12.7. The van der Waals surface area contributed by atoms with Crippen LogP contribution in [0, 0.1) is 5.92 Å². The van der Waals surface area contributed by atoms with E-state index in [1.165, 1.54) is 0 Å². The van der Waals surface area contributed by atoms with Crippen LogP contribution >= 0.6 is 0 Å². The zero-order valence-corrected chi connectivity index (χ0v) is 12.5. The molecule has 3 atom stereocenters. The van der Waals surface area contributed by atoms with Crippen molar-refractivity contribution < 1.29 is 9.59 Å². The number of rotatable bonds is 2. The van der Waals surface area contributed by atoms with E-state index in [9.17, 15) is 9.59 Å². The molecule has 2 fully saturated rings. The predicted molar refractivity (Wildman–Crippen MR) is 83.2 cm³/mol. The van der Waals surface area contributed by atoms with Crippen LogP contribution < -0.4 is 5.32 Å². The number of benzene rings is 1. The van der Waals surface area contributed by atoms with Gasteiger partial charge < -0.3 is 15.2 Å². The summed E-state index contributed by atoms with van der Waals surface area (Å²) in [5.41, 5.74) is 2.12. The van der Waals surface area contributed by atoms with Gasteiger partial charge in [-0.15, -0.1) is 0 Å². The minimum atomic E-state index is -0.451. The number of piperazine rings is 1. The number of amides is 2. The largest absolute Gasteiger partial charge is 0.361 e. The molecule has 2 amide bonds. The summed E-state index contributed by atoms with van der Waals surface area (Å²) < 4.78 is 0. The van der Waals surface area contributed by atoms with Crippen LogP contribution in [0.25, 0.3) is 10.9 Å². The first-order chi connectivity index (χ1) is 10.6. The van der Waals surface area contributed by atoms with Gasteiger partial charge in [0, 0.05) is 30.1 Å². The molecule has 5 nitrogen and oxygen atoms in total. The molecule has 22 heavy (non-hydrogen) atoms. The van der Waals surface area contributed by atoms with Crippen molar-refractivity contribution in [3.05, 3.63) is 36.0 Å². The van der Waals surface area contributed by atoms with Gasteiger partial charge in [0.2, 0.25) is 11.8 Å². The van der Waals surface area contributed by atoms with Crippen LogP contribution in [0.1, 0.15) is 18.9 Å². The summed E-state index contributed by atoms with van der Waals surface area (Å²) in [6.07, 6.45) is 3.37. The zero-order valence-electron chi connectivity index (χ0n) is 12.5. The van der Waals surface area contributed by atoms with Crippen LogP contribution in [-0.2, 0) is 16.0 Å². The third kappa shape index (κ3) is 1.92. The number of fused-ring (bicyclic) bond motifs is 2. The van der Waals surface area contributed by atoms with Gasteiger partial charge in [0.05, 0.1) is 0 Å². The van der Waals surface area contributed by atoms with Crippen molar-refractivity contribution in [2.75, 3.05) is 6.54 Å². The summed E-state index contributed by atoms with van der Waals surface area (Å²) in [6.45, 7) is 2.74. The van der Waals surface area contributed by atoms with Gasteiger partial charge in [-0.2, -0.15) is 0 Å². The number of aromatic amines is 1. The molecular formula is C17H19N3O2. The average Bonchev–Trinajstić information content (AvgIpc) is 3.09. The normalized spacial score (nSPS) is 28.0. The predicted octanol–water partition coefficient (Wildman–Crippen LogP) is 1.45. The van der Waals surface area contributed by atoms with Crippen LogP contribution in [0.4, 0.5) is 0 Å². The van der Waals surface area contributed by atoms with Gasteiger partial charge >= 0.3 is 0 Å². The number of carbonyl (C=O) groups excluding carboxylic acids is 2. The van der Waals surface area contributed by atoms with Crippen LogP contribution in [0.5, 0.6) is 0 Å². The minimum absolute atomic E-state index is 0.00515. The highest BCUT2D eigenvalue weighted by Gasteiger charge is 2.46. The molecule has 2 N–H and O–H groups in total. The Morgan fingerprint density at radius 1 is 1.27 bits per heavy atom. The smallest absolute Gasteiger partial charge is 0.246 e. The van der Waals surface area contributed by atoms with E-state index in [-0.39, 0.29) is 23.8 Å². The van der Waals surface area contributed by atoms with Gasteiger partial charge in [-0.05, 0) is 24.0 Å². The van der Waals surface area contributed by atoms with Gasteiger partial charge in [0.1, 0.15) is 12.1 Å². The van der Waals surface area contributed by atoms with E-state index in [1.807, 2.05) is 37.4 Å². The fraction of sp³-hybridized carbons (Fsp3) is 0.412. The van der Waals surface area contributed by atoms with E-state index in [1.54, 1.807) is 4.90 Å². The Morgan fingerprint density at radius 3 is 2.95 bits per heavy atom. The molecule has 2 saturated heterocycles. The number of hydrogen-bond donors (Lipinski definition) is 2. The third-order valence-corrected chi connectivity index (χ3v) is 4.97. The van der Waals surface area contributed by atoms with Gasteiger partial charge in [-0.25, -0.2) is 0 Å². The first-order valence-corrected chi connectivity index (χ1v) is 7.81.